The lowest BCUT2D eigenvalue weighted by Crippen LogP contribution is -2.27. The Kier molecular flexibility index (Phi) is 8.25. The molecule has 0 spiro atoms. The van der Waals surface area contributed by atoms with Crippen LogP contribution in [0.5, 0.6) is 0 Å². The highest BCUT2D eigenvalue weighted by molar-refractivity contribution is 6.05. The molecule has 1 saturated heterocycles. The van der Waals surface area contributed by atoms with Gasteiger partial charge in [-0.2, -0.15) is 13.2 Å². The van der Waals surface area contributed by atoms with Gasteiger partial charge < -0.3 is 25.4 Å². The maximum atomic E-state index is 13.7. The number of hydrogen-bond donors (Lipinski definition) is 3. The topological polar surface area (TPSA) is 132 Å². The van der Waals surface area contributed by atoms with Gasteiger partial charge in [-0.25, -0.2) is 0 Å². The Hall–Kier alpha value is -3.71. The molecule has 2 aromatic carbocycles. The molecular formula is C22H23F3N4O6. The molecule has 13 heteroatoms. The highest BCUT2D eigenvalue weighted by Crippen LogP contribution is 2.37. The van der Waals surface area contributed by atoms with Crippen molar-refractivity contribution in [3.8, 4) is 0 Å². The predicted octanol–water partition coefficient (Wildman–Crippen LogP) is 4.04. The number of carbonyl (C=O) groups excluding carboxylic acids is 2. The summed E-state index contributed by atoms with van der Waals surface area (Å²) in [7, 11) is 1.46. The molecule has 1 aliphatic heterocycles. The van der Waals surface area contributed by atoms with E-state index >= 15 is 0 Å². The van der Waals surface area contributed by atoms with E-state index in [9.17, 15) is 32.9 Å². The van der Waals surface area contributed by atoms with Crippen LogP contribution in [0.2, 0.25) is 0 Å². The minimum atomic E-state index is -4.85. The van der Waals surface area contributed by atoms with E-state index in [0.717, 1.165) is 12.1 Å². The lowest BCUT2D eigenvalue weighted by atomic mass is 10.1. The van der Waals surface area contributed by atoms with Gasteiger partial charge in [0, 0.05) is 37.6 Å². The number of anilines is 3. The summed E-state index contributed by atoms with van der Waals surface area (Å²) in [5, 5.41) is 18.7. The second-order valence-electron chi connectivity index (χ2n) is 7.61. The standard InChI is InChI=1S/C22H23F3N4O6/c1-34-10-8-26-17-6-4-13(11-18(17)29(32)33)20(30)28-16-7-5-14(12-15(16)22(23,24)25)27-21(31)19-3-2-9-35-19/h4-7,11-12,19,26H,2-3,8-10H2,1H3,(H,27,31)(H,28,30). The monoisotopic (exact) mass is 496 g/mol. The minimum absolute atomic E-state index is 0.113. The van der Waals surface area contributed by atoms with Crippen LogP contribution in [0.1, 0.15) is 28.8 Å². The quantitative estimate of drug-likeness (QED) is 0.271. The summed E-state index contributed by atoms with van der Waals surface area (Å²) >= 11 is 0. The molecule has 3 rings (SSSR count). The van der Waals surface area contributed by atoms with Crippen LogP contribution >= 0.6 is 0 Å². The molecule has 1 aliphatic rings. The average molecular weight is 496 g/mol. The van der Waals surface area contributed by atoms with E-state index in [4.69, 9.17) is 9.47 Å². The van der Waals surface area contributed by atoms with Gasteiger partial charge in [0.1, 0.15) is 11.8 Å². The highest BCUT2D eigenvalue weighted by Gasteiger charge is 2.35. The van der Waals surface area contributed by atoms with Crippen LogP contribution in [-0.4, -0.2) is 49.7 Å². The van der Waals surface area contributed by atoms with Gasteiger partial charge in [0.2, 0.25) is 0 Å². The van der Waals surface area contributed by atoms with Crippen LogP contribution in [0.25, 0.3) is 0 Å². The molecule has 0 aromatic heterocycles. The van der Waals surface area contributed by atoms with Gasteiger partial charge in [-0.3, -0.25) is 19.7 Å². The maximum Gasteiger partial charge on any atom is 0.418 e. The van der Waals surface area contributed by atoms with Crippen molar-refractivity contribution >= 4 is 34.6 Å². The summed E-state index contributed by atoms with van der Waals surface area (Å²) in [6, 6.07) is 6.42. The Balaban J connectivity index is 1.81. The zero-order valence-corrected chi connectivity index (χ0v) is 18.6. The molecule has 10 nitrogen and oxygen atoms in total. The van der Waals surface area contributed by atoms with E-state index < -0.39 is 46.0 Å². The van der Waals surface area contributed by atoms with Crippen LogP contribution in [0, 0.1) is 10.1 Å². The molecule has 1 atom stereocenters. The molecule has 0 saturated carbocycles. The van der Waals surface area contributed by atoms with E-state index in [1.807, 2.05) is 0 Å². The van der Waals surface area contributed by atoms with Gasteiger partial charge in [-0.15, -0.1) is 0 Å². The molecular weight excluding hydrogens is 473 g/mol. The van der Waals surface area contributed by atoms with Crippen molar-refractivity contribution in [3.63, 3.8) is 0 Å². The first-order chi connectivity index (χ1) is 16.6. The number of alkyl halides is 3. The molecule has 2 aromatic rings. The van der Waals surface area contributed by atoms with Crippen LogP contribution < -0.4 is 16.0 Å². The van der Waals surface area contributed by atoms with Crippen molar-refractivity contribution in [2.24, 2.45) is 0 Å². The lowest BCUT2D eigenvalue weighted by molar-refractivity contribution is -0.384. The van der Waals surface area contributed by atoms with Gasteiger partial charge in [0.05, 0.1) is 22.8 Å². The number of benzene rings is 2. The maximum absolute atomic E-state index is 13.7. The van der Waals surface area contributed by atoms with E-state index in [1.54, 1.807) is 0 Å². The summed E-state index contributed by atoms with van der Waals surface area (Å²) in [6.07, 6.45) is -4.43. The molecule has 1 fully saturated rings. The first kappa shape index (κ1) is 25.9. The van der Waals surface area contributed by atoms with E-state index in [2.05, 4.69) is 16.0 Å². The molecule has 35 heavy (non-hydrogen) atoms. The third kappa shape index (κ3) is 6.67. The largest absolute Gasteiger partial charge is 0.418 e. The second kappa shape index (κ2) is 11.1. The number of nitro groups is 1. The summed E-state index contributed by atoms with van der Waals surface area (Å²) in [5.41, 5.74) is -2.37. The zero-order chi connectivity index (χ0) is 25.6. The molecule has 0 radical (unpaired) electrons. The molecule has 0 bridgehead atoms. The van der Waals surface area contributed by atoms with Gasteiger partial charge >= 0.3 is 6.18 Å². The Bertz CT molecular complexity index is 1100. The highest BCUT2D eigenvalue weighted by atomic mass is 19.4. The fourth-order valence-electron chi connectivity index (χ4n) is 3.43. The van der Waals surface area contributed by atoms with Gasteiger partial charge in [0.15, 0.2) is 0 Å². The van der Waals surface area contributed by atoms with Crippen molar-refractivity contribution in [1.82, 2.24) is 0 Å². The van der Waals surface area contributed by atoms with Crippen LogP contribution in [0.4, 0.5) is 35.9 Å². The third-order valence-electron chi connectivity index (χ3n) is 5.14. The SMILES string of the molecule is COCCNc1ccc(C(=O)Nc2ccc(NC(=O)C3CCCO3)cc2C(F)(F)F)cc1[N+](=O)[O-]. The van der Waals surface area contributed by atoms with Crippen molar-refractivity contribution in [2.45, 2.75) is 25.1 Å². The van der Waals surface area contributed by atoms with Crippen molar-refractivity contribution < 1.29 is 37.2 Å². The fourth-order valence-corrected chi connectivity index (χ4v) is 3.43. The number of rotatable bonds is 9. The molecule has 1 heterocycles. The van der Waals surface area contributed by atoms with Crippen LogP contribution in [-0.2, 0) is 20.4 Å². The van der Waals surface area contributed by atoms with Crippen LogP contribution in [0.15, 0.2) is 36.4 Å². The number of amides is 2. The molecule has 3 N–H and O–H groups in total. The Morgan fingerprint density at radius 1 is 1.17 bits per heavy atom. The number of hydrogen-bond acceptors (Lipinski definition) is 7. The first-order valence-corrected chi connectivity index (χ1v) is 10.6. The zero-order valence-electron chi connectivity index (χ0n) is 18.6. The van der Waals surface area contributed by atoms with Crippen molar-refractivity contribution in [3.05, 3.63) is 57.6 Å². The molecule has 2 amide bonds. The van der Waals surface area contributed by atoms with Gasteiger partial charge in [0.25, 0.3) is 17.5 Å². The molecule has 1 unspecified atom stereocenters. The minimum Gasteiger partial charge on any atom is -0.383 e. The number of ether oxygens (including phenoxy) is 2. The van der Waals surface area contributed by atoms with Gasteiger partial charge in [-0.05, 0) is 43.2 Å². The van der Waals surface area contributed by atoms with Crippen molar-refractivity contribution in [2.75, 3.05) is 42.8 Å². The number of nitrogens with zero attached hydrogens (tertiary/aromatic N) is 1. The number of methoxy groups -OCH3 is 1. The van der Waals surface area contributed by atoms with Crippen LogP contribution in [0.3, 0.4) is 0 Å². The Morgan fingerprint density at radius 3 is 2.54 bits per heavy atom. The normalized spacial score (nSPS) is 15.5. The summed E-state index contributed by atoms with van der Waals surface area (Å²) in [5.74, 6) is -1.53. The summed E-state index contributed by atoms with van der Waals surface area (Å²) < 4.78 is 51.2. The smallest absolute Gasteiger partial charge is 0.383 e. The third-order valence-corrected chi connectivity index (χ3v) is 5.14. The Morgan fingerprint density at radius 2 is 1.91 bits per heavy atom. The number of halogens is 3. The molecule has 188 valence electrons. The lowest BCUT2D eigenvalue weighted by Gasteiger charge is -2.17. The van der Waals surface area contributed by atoms with E-state index in [-0.39, 0.29) is 30.1 Å². The second-order valence-corrected chi connectivity index (χ2v) is 7.61. The van der Waals surface area contributed by atoms with E-state index in [1.165, 1.54) is 25.3 Å². The average Bonchev–Trinajstić information content (AvgIpc) is 3.35. The van der Waals surface area contributed by atoms with E-state index in [0.29, 0.717) is 25.5 Å². The summed E-state index contributed by atoms with van der Waals surface area (Å²) in [6.45, 7) is 0.955. The first-order valence-electron chi connectivity index (χ1n) is 10.6. The fraction of sp³-hybridized carbons (Fsp3) is 0.364. The number of nitrogens with one attached hydrogen (secondary N) is 3. The summed E-state index contributed by atoms with van der Waals surface area (Å²) in [4.78, 5) is 35.5. The van der Waals surface area contributed by atoms with Gasteiger partial charge in [-0.1, -0.05) is 0 Å². The molecule has 0 aliphatic carbocycles. The number of carbonyl (C=O) groups is 2. The number of nitro benzene ring substituents is 1. The van der Waals surface area contributed by atoms with Crippen molar-refractivity contribution in [1.29, 1.82) is 0 Å². The Labute approximate surface area is 197 Å². The predicted molar refractivity (Wildman–Crippen MR) is 120 cm³/mol.